The van der Waals surface area contributed by atoms with Crippen LogP contribution in [0, 0.1) is 0 Å². The topological polar surface area (TPSA) is 34.2 Å². The highest BCUT2D eigenvalue weighted by Gasteiger charge is 2.05. The van der Waals surface area contributed by atoms with Crippen LogP contribution < -0.4 is 10.1 Å². The summed E-state index contributed by atoms with van der Waals surface area (Å²) in [6.07, 6.45) is 2.89. The molecule has 1 aromatic rings. The highest BCUT2D eigenvalue weighted by molar-refractivity contribution is 9.10. The minimum absolute atomic E-state index is 0.648. The van der Waals surface area contributed by atoms with Crippen LogP contribution in [0.25, 0.3) is 0 Å². The number of nitrogens with one attached hydrogen (secondary N) is 1. The molecule has 1 N–H and O–H groups in total. The van der Waals surface area contributed by atoms with Crippen molar-refractivity contribution in [1.82, 2.24) is 10.3 Å². The Morgan fingerprint density at radius 2 is 2.27 bits per heavy atom. The summed E-state index contributed by atoms with van der Waals surface area (Å²) in [6.45, 7) is 6.58. The summed E-state index contributed by atoms with van der Waals surface area (Å²) in [5, 5.41) is 3.34. The molecule has 0 bridgehead atoms. The second-order valence-corrected chi connectivity index (χ2v) is 4.14. The summed E-state index contributed by atoms with van der Waals surface area (Å²) < 4.78 is 6.44. The van der Waals surface area contributed by atoms with E-state index in [1.54, 1.807) is 6.20 Å². The predicted molar refractivity (Wildman–Crippen MR) is 65.1 cm³/mol. The number of pyridine rings is 1. The highest BCUT2D eigenvalue weighted by atomic mass is 79.9. The lowest BCUT2D eigenvalue weighted by molar-refractivity contribution is 0.321. The number of halogens is 1. The van der Waals surface area contributed by atoms with Gasteiger partial charge in [0.05, 0.1) is 6.61 Å². The summed E-state index contributed by atoms with van der Waals surface area (Å²) in [4.78, 5) is 4.24. The molecule has 1 rings (SSSR count). The molecule has 3 nitrogen and oxygen atoms in total. The first kappa shape index (κ1) is 12.5. The quantitative estimate of drug-likeness (QED) is 0.809. The molecule has 84 valence electrons. The van der Waals surface area contributed by atoms with Gasteiger partial charge in [-0.3, -0.25) is 0 Å². The summed E-state index contributed by atoms with van der Waals surface area (Å²) in [6, 6.07) is 2.04. The Balaban J connectivity index is 2.68. The third kappa shape index (κ3) is 4.18. The van der Waals surface area contributed by atoms with Crippen molar-refractivity contribution in [3.63, 3.8) is 0 Å². The molecule has 0 aliphatic carbocycles. The van der Waals surface area contributed by atoms with Crippen LogP contribution in [0.4, 0.5) is 0 Å². The van der Waals surface area contributed by atoms with Crippen LogP contribution in [0.1, 0.15) is 25.8 Å². The van der Waals surface area contributed by atoms with E-state index >= 15 is 0 Å². The molecule has 0 aromatic carbocycles. The number of hydrogen-bond donors (Lipinski definition) is 1. The first-order chi connectivity index (χ1) is 7.27. The highest BCUT2D eigenvalue weighted by Crippen LogP contribution is 2.19. The molecule has 1 heterocycles. The molecule has 0 radical (unpaired) electrons. The number of nitrogens with zero attached hydrogens (tertiary/aromatic N) is 1. The number of rotatable bonds is 6. The van der Waals surface area contributed by atoms with Gasteiger partial charge in [0.2, 0.25) is 5.88 Å². The summed E-state index contributed by atoms with van der Waals surface area (Å²) in [7, 11) is 0. The van der Waals surface area contributed by atoms with E-state index < -0.39 is 0 Å². The number of aromatic nitrogens is 1. The minimum Gasteiger partial charge on any atom is -0.478 e. The van der Waals surface area contributed by atoms with Crippen molar-refractivity contribution in [2.75, 3.05) is 13.2 Å². The van der Waals surface area contributed by atoms with Gasteiger partial charge in [-0.1, -0.05) is 6.92 Å². The van der Waals surface area contributed by atoms with E-state index in [9.17, 15) is 0 Å². The van der Waals surface area contributed by atoms with Crippen molar-refractivity contribution in [3.8, 4) is 5.88 Å². The Kier molecular flexibility index (Phi) is 5.65. The van der Waals surface area contributed by atoms with E-state index in [4.69, 9.17) is 4.74 Å². The Labute approximate surface area is 99.4 Å². The lowest BCUT2D eigenvalue weighted by atomic mass is 10.2. The molecule has 0 spiro atoms. The molecule has 0 fully saturated rings. The molecule has 1 aromatic heterocycles. The normalized spacial score (nSPS) is 10.3. The van der Waals surface area contributed by atoms with Crippen molar-refractivity contribution in [2.24, 2.45) is 0 Å². The van der Waals surface area contributed by atoms with Crippen molar-refractivity contribution < 1.29 is 4.74 Å². The van der Waals surface area contributed by atoms with Gasteiger partial charge in [-0.25, -0.2) is 4.98 Å². The maximum atomic E-state index is 5.45. The molecule has 0 amide bonds. The van der Waals surface area contributed by atoms with Crippen LogP contribution in [0.3, 0.4) is 0 Å². The fourth-order valence-electron chi connectivity index (χ4n) is 1.26. The van der Waals surface area contributed by atoms with Gasteiger partial charge in [0, 0.05) is 22.8 Å². The molecule has 15 heavy (non-hydrogen) atoms. The second kappa shape index (κ2) is 6.80. The summed E-state index contributed by atoms with van der Waals surface area (Å²) >= 11 is 3.41. The van der Waals surface area contributed by atoms with Crippen molar-refractivity contribution in [2.45, 2.75) is 26.8 Å². The third-order valence-corrected chi connectivity index (χ3v) is 2.35. The van der Waals surface area contributed by atoms with Gasteiger partial charge in [-0.2, -0.15) is 0 Å². The fraction of sp³-hybridized carbons (Fsp3) is 0.545. The molecule has 0 aliphatic rings. The van der Waals surface area contributed by atoms with E-state index in [0.717, 1.165) is 35.4 Å². The first-order valence-corrected chi connectivity index (χ1v) is 6.05. The van der Waals surface area contributed by atoms with E-state index in [-0.39, 0.29) is 0 Å². The maximum absolute atomic E-state index is 5.45. The predicted octanol–water partition coefficient (Wildman–Crippen LogP) is 2.74. The van der Waals surface area contributed by atoms with Gasteiger partial charge in [-0.15, -0.1) is 0 Å². The number of hydrogen-bond acceptors (Lipinski definition) is 3. The van der Waals surface area contributed by atoms with Crippen molar-refractivity contribution >= 4 is 15.9 Å². The molecule has 0 saturated heterocycles. The molecular formula is C11H17BrN2O. The van der Waals surface area contributed by atoms with Crippen LogP contribution in [0.2, 0.25) is 0 Å². The SMILES string of the molecule is CCCNCc1cc(Br)cnc1OCC. The lowest BCUT2D eigenvalue weighted by Crippen LogP contribution is -2.15. The van der Waals surface area contributed by atoms with Crippen molar-refractivity contribution in [1.29, 1.82) is 0 Å². The largest absolute Gasteiger partial charge is 0.478 e. The van der Waals surface area contributed by atoms with Gasteiger partial charge in [0.15, 0.2) is 0 Å². The van der Waals surface area contributed by atoms with E-state index in [0.29, 0.717) is 6.61 Å². The smallest absolute Gasteiger partial charge is 0.217 e. The Morgan fingerprint density at radius 3 is 2.93 bits per heavy atom. The lowest BCUT2D eigenvalue weighted by Gasteiger charge is -2.09. The molecule has 4 heteroatoms. The zero-order chi connectivity index (χ0) is 11.1. The van der Waals surface area contributed by atoms with Gasteiger partial charge in [0.1, 0.15) is 0 Å². The third-order valence-electron chi connectivity index (χ3n) is 1.92. The molecular weight excluding hydrogens is 256 g/mol. The molecule has 0 atom stereocenters. The Hall–Kier alpha value is -0.610. The zero-order valence-electron chi connectivity index (χ0n) is 9.22. The maximum Gasteiger partial charge on any atom is 0.217 e. The van der Waals surface area contributed by atoms with Gasteiger partial charge in [0.25, 0.3) is 0 Å². The van der Waals surface area contributed by atoms with E-state index in [1.807, 2.05) is 13.0 Å². The van der Waals surface area contributed by atoms with Gasteiger partial charge < -0.3 is 10.1 Å². The van der Waals surface area contributed by atoms with E-state index in [1.165, 1.54) is 0 Å². The second-order valence-electron chi connectivity index (χ2n) is 3.23. The van der Waals surface area contributed by atoms with Gasteiger partial charge >= 0.3 is 0 Å². The number of ether oxygens (including phenoxy) is 1. The average molecular weight is 273 g/mol. The monoisotopic (exact) mass is 272 g/mol. The molecule has 0 aliphatic heterocycles. The Bertz CT molecular complexity index is 305. The summed E-state index contributed by atoms with van der Waals surface area (Å²) in [5.41, 5.74) is 1.10. The van der Waals surface area contributed by atoms with Gasteiger partial charge in [-0.05, 0) is 41.9 Å². The first-order valence-electron chi connectivity index (χ1n) is 5.25. The summed E-state index contributed by atoms with van der Waals surface area (Å²) in [5.74, 6) is 0.726. The minimum atomic E-state index is 0.648. The van der Waals surface area contributed by atoms with Crippen LogP contribution in [0.15, 0.2) is 16.7 Å². The van der Waals surface area contributed by atoms with E-state index in [2.05, 4.69) is 33.2 Å². The zero-order valence-corrected chi connectivity index (χ0v) is 10.8. The van der Waals surface area contributed by atoms with Crippen LogP contribution in [-0.4, -0.2) is 18.1 Å². The van der Waals surface area contributed by atoms with Crippen LogP contribution in [0.5, 0.6) is 5.88 Å². The van der Waals surface area contributed by atoms with Crippen LogP contribution in [-0.2, 0) is 6.54 Å². The Morgan fingerprint density at radius 1 is 1.47 bits per heavy atom. The fourth-order valence-corrected chi connectivity index (χ4v) is 1.64. The molecule has 0 saturated carbocycles. The average Bonchev–Trinajstić information content (AvgIpc) is 2.22. The molecule has 0 unspecified atom stereocenters. The van der Waals surface area contributed by atoms with Crippen LogP contribution >= 0.6 is 15.9 Å². The van der Waals surface area contributed by atoms with Crippen molar-refractivity contribution in [3.05, 3.63) is 22.3 Å². The standard InChI is InChI=1S/C11H17BrN2O/c1-3-5-13-7-9-6-10(12)8-14-11(9)15-4-2/h6,8,13H,3-5,7H2,1-2H3.